The summed E-state index contributed by atoms with van der Waals surface area (Å²) in [7, 11) is 0. The Morgan fingerprint density at radius 3 is 2.42 bits per heavy atom. The molecule has 0 aromatic heterocycles. The molecular weight excluding hydrogens is 158 g/mol. The predicted molar refractivity (Wildman–Crippen MR) is 44.9 cm³/mol. The maximum atomic E-state index is 10.7. The lowest BCUT2D eigenvalue weighted by Crippen LogP contribution is -2.28. The third-order valence-corrected chi connectivity index (χ3v) is 1.50. The van der Waals surface area contributed by atoms with Crippen molar-refractivity contribution in [2.24, 2.45) is 0 Å². The minimum absolute atomic E-state index is 0.312. The Balaban J connectivity index is 3.26. The smallest absolute Gasteiger partial charge is 0.411 e. The average Bonchev–Trinajstić information content (AvgIpc) is 1.97. The van der Waals surface area contributed by atoms with Crippen LogP contribution < -0.4 is 5.32 Å². The third kappa shape index (κ3) is 7.05. The van der Waals surface area contributed by atoms with Gasteiger partial charge in [-0.15, -0.1) is 0 Å². The zero-order valence-corrected chi connectivity index (χ0v) is 7.30. The summed E-state index contributed by atoms with van der Waals surface area (Å²) in [6.45, 7) is 2.08. The van der Waals surface area contributed by atoms with E-state index in [0.29, 0.717) is 6.42 Å². The molecule has 0 spiro atoms. The van der Waals surface area contributed by atoms with Crippen LogP contribution in [0.3, 0.4) is 0 Å². The van der Waals surface area contributed by atoms with Gasteiger partial charge in [0, 0.05) is 6.42 Å². The molecule has 0 aromatic rings. The van der Waals surface area contributed by atoms with E-state index < -0.39 is 12.0 Å². The molecule has 2 N–H and O–H groups in total. The molecule has 0 aliphatic heterocycles. The van der Waals surface area contributed by atoms with E-state index in [1.807, 2.05) is 0 Å². The molecule has 0 heterocycles. The Hall–Kier alpha value is -1.06. The van der Waals surface area contributed by atoms with Gasteiger partial charge in [0.25, 0.3) is 0 Å². The van der Waals surface area contributed by atoms with Gasteiger partial charge in [0.05, 0.1) is 0 Å². The molecular formula is C8H15NO3. The topological polar surface area (TPSA) is 66.4 Å². The summed E-state index contributed by atoms with van der Waals surface area (Å²) in [6, 6.07) is 0. The minimum atomic E-state index is -1.27. The van der Waals surface area contributed by atoms with E-state index in [4.69, 9.17) is 5.11 Å². The summed E-state index contributed by atoms with van der Waals surface area (Å²) in [6.07, 6.45) is 3.01. The second kappa shape index (κ2) is 6.64. The summed E-state index contributed by atoms with van der Waals surface area (Å²) in [5.74, 6) is -0.404. The van der Waals surface area contributed by atoms with Crippen molar-refractivity contribution < 1.29 is 14.7 Å². The van der Waals surface area contributed by atoms with Crippen LogP contribution in [0.1, 0.15) is 39.0 Å². The molecule has 0 radical (unpaired) electrons. The molecule has 0 atom stereocenters. The van der Waals surface area contributed by atoms with Crippen LogP contribution in [-0.2, 0) is 4.79 Å². The van der Waals surface area contributed by atoms with E-state index in [1.165, 1.54) is 0 Å². The van der Waals surface area contributed by atoms with Crippen LogP contribution in [0.5, 0.6) is 0 Å². The Labute approximate surface area is 72.0 Å². The first kappa shape index (κ1) is 10.9. The van der Waals surface area contributed by atoms with Gasteiger partial charge in [0.2, 0.25) is 5.91 Å². The van der Waals surface area contributed by atoms with Crippen LogP contribution in [0.4, 0.5) is 4.79 Å². The van der Waals surface area contributed by atoms with Gasteiger partial charge in [0.1, 0.15) is 0 Å². The quantitative estimate of drug-likeness (QED) is 0.622. The average molecular weight is 173 g/mol. The highest BCUT2D eigenvalue weighted by Gasteiger charge is 2.03. The first-order valence-corrected chi connectivity index (χ1v) is 4.19. The number of rotatable bonds is 5. The van der Waals surface area contributed by atoms with Crippen molar-refractivity contribution in [3.63, 3.8) is 0 Å². The highest BCUT2D eigenvalue weighted by molar-refractivity contribution is 5.90. The fourth-order valence-corrected chi connectivity index (χ4v) is 0.894. The second-order valence-corrected chi connectivity index (χ2v) is 2.66. The molecule has 0 unspecified atom stereocenters. The van der Waals surface area contributed by atoms with Crippen LogP contribution in [0.15, 0.2) is 0 Å². The molecule has 0 saturated heterocycles. The lowest BCUT2D eigenvalue weighted by molar-refractivity contribution is -0.120. The van der Waals surface area contributed by atoms with Gasteiger partial charge >= 0.3 is 6.09 Å². The minimum Gasteiger partial charge on any atom is -0.465 e. The molecule has 12 heavy (non-hydrogen) atoms. The van der Waals surface area contributed by atoms with Crippen molar-refractivity contribution in [3.05, 3.63) is 0 Å². The highest BCUT2D eigenvalue weighted by Crippen LogP contribution is 2.01. The largest absolute Gasteiger partial charge is 0.465 e. The zero-order chi connectivity index (χ0) is 9.40. The van der Waals surface area contributed by atoms with Crippen molar-refractivity contribution >= 4 is 12.0 Å². The van der Waals surface area contributed by atoms with Gasteiger partial charge in [0.15, 0.2) is 0 Å². The Bertz CT molecular complexity index is 156. The molecule has 70 valence electrons. The van der Waals surface area contributed by atoms with E-state index in [9.17, 15) is 9.59 Å². The van der Waals surface area contributed by atoms with Gasteiger partial charge in [-0.1, -0.05) is 26.2 Å². The van der Waals surface area contributed by atoms with E-state index in [2.05, 4.69) is 6.92 Å². The number of carbonyl (C=O) groups is 2. The van der Waals surface area contributed by atoms with Crippen LogP contribution >= 0.6 is 0 Å². The van der Waals surface area contributed by atoms with Crippen LogP contribution in [0, 0.1) is 0 Å². The number of unbranched alkanes of at least 4 members (excludes halogenated alkanes) is 3. The highest BCUT2D eigenvalue weighted by atomic mass is 16.4. The fraction of sp³-hybridized carbons (Fsp3) is 0.750. The number of imide groups is 1. The molecule has 0 aliphatic carbocycles. The molecule has 0 rings (SSSR count). The predicted octanol–water partition coefficient (Wildman–Crippen LogP) is 1.75. The van der Waals surface area contributed by atoms with E-state index in [0.717, 1.165) is 25.7 Å². The van der Waals surface area contributed by atoms with Gasteiger partial charge in [-0.3, -0.25) is 10.1 Å². The zero-order valence-electron chi connectivity index (χ0n) is 7.30. The maximum Gasteiger partial charge on any atom is 0.411 e. The summed E-state index contributed by atoms with van der Waals surface area (Å²) in [4.78, 5) is 20.7. The van der Waals surface area contributed by atoms with Gasteiger partial charge in [-0.05, 0) is 6.42 Å². The van der Waals surface area contributed by atoms with E-state index in [1.54, 1.807) is 5.32 Å². The monoisotopic (exact) mass is 173 g/mol. The van der Waals surface area contributed by atoms with Crippen molar-refractivity contribution in [2.75, 3.05) is 0 Å². The number of carbonyl (C=O) groups excluding carboxylic acids is 1. The van der Waals surface area contributed by atoms with Crippen LogP contribution in [0.25, 0.3) is 0 Å². The number of hydrogen-bond acceptors (Lipinski definition) is 2. The summed E-state index contributed by atoms with van der Waals surface area (Å²) in [5.41, 5.74) is 0. The Morgan fingerprint density at radius 2 is 1.92 bits per heavy atom. The fourth-order valence-electron chi connectivity index (χ4n) is 0.894. The standard InChI is InChI=1S/C8H15NO3/c1-2-3-4-5-6-7(10)9-8(11)12/h2-6H2,1H3,(H,9,10)(H,11,12). The molecule has 0 aromatic carbocycles. The van der Waals surface area contributed by atoms with Crippen molar-refractivity contribution in [1.82, 2.24) is 5.32 Å². The second-order valence-electron chi connectivity index (χ2n) is 2.66. The molecule has 0 saturated carbocycles. The summed E-state index contributed by atoms with van der Waals surface area (Å²) in [5, 5.41) is 9.95. The summed E-state index contributed by atoms with van der Waals surface area (Å²) >= 11 is 0. The first-order chi connectivity index (χ1) is 5.66. The number of amides is 2. The Kier molecular flexibility index (Phi) is 6.05. The molecule has 4 nitrogen and oxygen atoms in total. The van der Waals surface area contributed by atoms with E-state index in [-0.39, 0.29) is 0 Å². The third-order valence-electron chi connectivity index (χ3n) is 1.50. The number of hydrogen-bond donors (Lipinski definition) is 2. The molecule has 2 amide bonds. The normalized spacial score (nSPS) is 9.42. The molecule has 0 fully saturated rings. The van der Waals surface area contributed by atoms with Gasteiger partial charge < -0.3 is 5.11 Å². The Morgan fingerprint density at radius 1 is 1.25 bits per heavy atom. The van der Waals surface area contributed by atoms with E-state index >= 15 is 0 Å². The molecule has 4 heteroatoms. The van der Waals surface area contributed by atoms with Crippen molar-refractivity contribution in [2.45, 2.75) is 39.0 Å². The van der Waals surface area contributed by atoms with Crippen LogP contribution in [-0.4, -0.2) is 17.1 Å². The molecule has 0 bridgehead atoms. The summed E-state index contributed by atoms with van der Waals surface area (Å²) < 4.78 is 0. The lowest BCUT2D eigenvalue weighted by Gasteiger charge is -1.98. The van der Waals surface area contributed by atoms with Gasteiger partial charge in [-0.25, -0.2) is 4.79 Å². The maximum absolute atomic E-state index is 10.7. The molecule has 0 aliphatic rings. The number of nitrogens with one attached hydrogen (secondary N) is 1. The van der Waals surface area contributed by atoms with Crippen molar-refractivity contribution in [1.29, 1.82) is 0 Å². The SMILES string of the molecule is CCCCCCC(=O)NC(=O)O. The van der Waals surface area contributed by atoms with Crippen molar-refractivity contribution in [3.8, 4) is 0 Å². The number of carboxylic acid groups (broad SMARTS) is 1. The lowest BCUT2D eigenvalue weighted by atomic mass is 10.1. The first-order valence-electron chi connectivity index (χ1n) is 4.19. The van der Waals surface area contributed by atoms with Crippen LogP contribution in [0.2, 0.25) is 0 Å². The van der Waals surface area contributed by atoms with Gasteiger partial charge in [-0.2, -0.15) is 0 Å².